The molecule has 0 aliphatic heterocycles. The van der Waals surface area contributed by atoms with Gasteiger partial charge in [0.2, 0.25) is 0 Å². The Balaban J connectivity index is 3.28. The van der Waals surface area contributed by atoms with Crippen molar-refractivity contribution in [2.24, 2.45) is 5.11 Å². The molecule has 1 aromatic rings. The van der Waals surface area contributed by atoms with E-state index in [9.17, 15) is 9.90 Å². The van der Waals surface area contributed by atoms with Crippen LogP contribution in [0.2, 0.25) is 0 Å². The third-order valence-electron chi connectivity index (χ3n) is 1.60. The van der Waals surface area contributed by atoms with Crippen LogP contribution in [0.15, 0.2) is 5.11 Å². The lowest BCUT2D eigenvalue weighted by Crippen LogP contribution is -1.97. The second-order valence-corrected chi connectivity index (χ2v) is 3.39. The summed E-state index contributed by atoms with van der Waals surface area (Å²) in [5.74, 6) is -0.834. The topological polar surface area (TPSA) is 95.3 Å². The Hall–Kier alpha value is -1.72. The van der Waals surface area contributed by atoms with Crippen LogP contribution in [0, 0.1) is 6.92 Å². The lowest BCUT2D eigenvalue weighted by atomic mass is 10.3. The van der Waals surface area contributed by atoms with Gasteiger partial charge in [-0.15, -0.1) is 11.3 Å². The summed E-state index contributed by atoms with van der Waals surface area (Å²) in [6.45, 7) is 1.56. The number of rotatable bonds is 2. The molecular weight excluding hydrogens is 206 g/mol. The molecule has 0 unspecified atom stereocenters. The maximum atomic E-state index is 11.1. The van der Waals surface area contributed by atoms with Crippen molar-refractivity contribution in [1.82, 2.24) is 0 Å². The van der Waals surface area contributed by atoms with Crippen LogP contribution in [-0.2, 0) is 4.74 Å². The fraction of sp³-hybridized carbons (Fsp3) is 0.286. The maximum absolute atomic E-state index is 11.1. The smallest absolute Gasteiger partial charge is 0.351 e. The minimum Gasteiger partial charge on any atom is -0.506 e. The number of hydrogen-bond acceptors (Lipinski definition) is 5. The highest BCUT2D eigenvalue weighted by Crippen LogP contribution is 2.40. The van der Waals surface area contributed by atoms with Crippen LogP contribution >= 0.6 is 11.3 Å². The van der Waals surface area contributed by atoms with E-state index >= 15 is 0 Å². The summed E-state index contributed by atoms with van der Waals surface area (Å²) in [4.78, 5) is 13.7. The van der Waals surface area contributed by atoms with Crippen molar-refractivity contribution < 1.29 is 14.6 Å². The van der Waals surface area contributed by atoms with Crippen LogP contribution in [-0.4, -0.2) is 18.2 Å². The minimum atomic E-state index is -0.644. The molecule has 0 saturated heterocycles. The van der Waals surface area contributed by atoms with Crippen LogP contribution in [0.1, 0.15) is 15.2 Å². The van der Waals surface area contributed by atoms with E-state index in [1.807, 2.05) is 0 Å². The van der Waals surface area contributed by atoms with Gasteiger partial charge in [0, 0.05) is 10.5 Å². The second kappa shape index (κ2) is 3.99. The summed E-state index contributed by atoms with van der Waals surface area (Å²) in [6, 6.07) is 0. The van der Waals surface area contributed by atoms with Gasteiger partial charge in [0.05, 0.1) is 12.1 Å². The van der Waals surface area contributed by atoms with Crippen molar-refractivity contribution in [3.8, 4) is 5.75 Å². The number of nitrogens with zero attached hydrogens (tertiary/aromatic N) is 3. The molecule has 1 rings (SSSR count). The first-order valence-corrected chi connectivity index (χ1v) is 4.39. The zero-order chi connectivity index (χ0) is 10.7. The molecule has 0 saturated carbocycles. The summed E-state index contributed by atoms with van der Waals surface area (Å²) in [7, 11) is 1.21. The fourth-order valence-corrected chi connectivity index (χ4v) is 1.80. The van der Waals surface area contributed by atoms with Gasteiger partial charge in [0.1, 0.15) is 5.75 Å². The SMILES string of the molecule is COC(=O)c1sc(N=[N+]=[N-])c(C)c1O. The first-order valence-electron chi connectivity index (χ1n) is 3.57. The molecule has 1 aromatic heterocycles. The average molecular weight is 213 g/mol. The number of azide groups is 1. The number of ether oxygens (including phenoxy) is 1. The molecule has 0 fully saturated rings. The molecule has 0 bridgehead atoms. The van der Waals surface area contributed by atoms with E-state index in [-0.39, 0.29) is 15.6 Å². The molecule has 1 heterocycles. The summed E-state index contributed by atoms with van der Waals surface area (Å²) < 4.78 is 4.44. The Labute approximate surface area is 83.4 Å². The third kappa shape index (κ3) is 1.63. The molecule has 0 aliphatic rings. The highest BCUT2D eigenvalue weighted by atomic mass is 32.1. The maximum Gasteiger partial charge on any atom is 0.351 e. The predicted octanol–water partition coefficient (Wildman–Crippen LogP) is 2.49. The lowest BCUT2D eigenvalue weighted by molar-refractivity contribution is 0.0603. The van der Waals surface area contributed by atoms with E-state index in [1.54, 1.807) is 6.92 Å². The van der Waals surface area contributed by atoms with Gasteiger partial charge in [0.15, 0.2) is 4.88 Å². The Morgan fingerprint density at radius 2 is 2.36 bits per heavy atom. The lowest BCUT2D eigenvalue weighted by Gasteiger charge is -1.94. The van der Waals surface area contributed by atoms with Crippen molar-refractivity contribution in [3.05, 3.63) is 20.9 Å². The van der Waals surface area contributed by atoms with Crippen LogP contribution in [0.3, 0.4) is 0 Å². The van der Waals surface area contributed by atoms with Crippen molar-refractivity contribution >= 4 is 22.3 Å². The van der Waals surface area contributed by atoms with E-state index < -0.39 is 5.97 Å². The third-order valence-corrected chi connectivity index (χ3v) is 2.74. The van der Waals surface area contributed by atoms with E-state index in [2.05, 4.69) is 14.8 Å². The first-order chi connectivity index (χ1) is 6.61. The molecule has 14 heavy (non-hydrogen) atoms. The molecule has 74 valence electrons. The second-order valence-electron chi connectivity index (χ2n) is 2.39. The average Bonchev–Trinajstić information content (AvgIpc) is 2.46. The Kier molecular flexibility index (Phi) is 2.95. The summed E-state index contributed by atoms with van der Waals surface area (Å²) in [6.07, 6.45) is 0. The Morgan fingerprint density at radius 3 is 2.86 bits per heavy atom. The number of methoxy groups -OCH3 is 1. The van der Waals surface area contributed by atoms with Gasteiger partial charge in [-0.05, 0) is 17.6 Å². The largest absolute Gasteiger partial charge is 0.506 e. The van der Waals surface area contributed by atoms with E-state index in [1.165, 1.54) is 7.11 Å². The van der Waals surface area contributed by atoms with Gasteiger partial charge < -0.3 is 9.84 Å². The molecule has 0 amide bonds. The fourth-order valence-electron chi connectivity index (χ4n) is 0.860. The van der Waals surface area contributed by atoms with Gasteiger partial charge in [-0.25, -0.2) is 4.79 Å². The minimum absolute atomic E-state index is 0.0485. The predicted molar refractivity (Wildman–Crippen MR) is 50.9 cm³/mol. The zero-order valence-corrected chi connectivity index (χ0v) is 8.33. The molecule has 0 radical (unpaired) electrons. The van der Waals surface area contributed by atoms with Crippen LogP contribution < -0.4 is 0 Å². The van der Waals surface area contributed by atoms with Gasteiger partial charge in [0.25, 0.3) is 0 Å². The number of carbonyl (C=O) groups is 1. The van der Waals surface area contributed by atoms with Crippen molar-refractivity contribution in [1.29, 1.82) is 0 Å². The molecule has 7 heteroatoms. The molecular formula is C7H7N3O3S. The molecule has 0 aliphatic carbocycles. The zero-order valence-electron chi connectivity index (χ0n) is 7.51. The number of hydrogen-bond donors (Lipinski definition) is 1. The summed E-state index contributed by atoms with van der Waals surface area (Å²) >= 11 is 0.898. The van der Waals surface area contributed by atoms with Crippen molar-refractivity contribution in [2.45, 2.75) is 6.92 Å². The number of thiophene rings is 1. The molecule has 6 nitrogen and oxygen atoms in total. The van der Waals surface area contributed by atoms with Crippen molar-refractivity contribution in [3.63, 3.8) is 0 Å². The van der Waals surface area contributed by atoms with Crippen LogP contribution in [0.25, 0.3) is 10.4 Å². The highest BCUT2D eigenvalue weighted by molar-refractivity contribution is 7.18. The number of esters is 1. The van der Waals surface area contributed by atoms with Gasteiger partial charge >= 0.3 is 5.97 Å². The summed E-state index contributed by atoms with van der Waals surface area (Å²) in [5, 5.41) is 13.1. The van der Waals surface area contributed by atoms with Crippen LogP contribution in [0.5, 0.6) is 5.75 Å². The number of carbonyl (C=O) groups excluding carboxylic acids is 1. The molecule has 0 atom stereocenters. The van der Waals surface area contributed by atoms with E-state index in [0.717, 1.165) is 11.3 Å². The van der Waals surface area contributed by atoms with Crippen molar-refractivity contribution in [2.75, 3.05) is 7.11 Å². The quantitative estimate of drug-likeness (QED) is 0.353. The molecule has 0 aromatic carbocycles. The number of aromatic hydroxyl groups is 1. The molecule has 1 N–H and O–H groups in total. The van der Waals surface area contributed by atoms with E-state index in [4.69, 9.17) is 5.53 Å². The standard InChI is InChI=1S/C7H7N3O3S/c1-3-4(11)5(7(12)13-2)14-6(3)9-10-8/h11H,1-2H3. The van der Waals surface area contributed by atoms with Crippen LogP contribution in [0.4, 0.5) is 5.00 Å². The van der Waals surface area contributed by atoms with Gasteiger partial charge in [-0.3, -0.25) is 0 Å². The van der Waals surface area contributed by atoms with Gasteiger partial charge in [-0.2, -0.15) is 0 Å². The monoisotopic (exact) mass is 213 g/mol. The normalized spacial score (nSPS) is 9.29. The van der Waals surface area contributed by atoms with E-state index in [0.29, 0.717) is 5.56 Å². The molecule has 0 spiro atoms. The highest BCUT2D eigenvalue weighted by Gasteiger charge is 2.19. The van der Waals surface area contributed by atoms with Gasteiger partial charge in [-0.1, -0.05) is 0 Å². The summed E-state index contributed by atoms with van der Waals surface area (Å²) in [5.41, 5.74) is 8.59. The first kappa shape index (κ1) is 10.4. The Bertz CT molecular complexity index is 420. The Morgan fingerprint density at radius 1 is 1.71 bits per heavy atom.